The molecule has 1 N–H and O–H groups in total. The Bertz CT molecular complexity index is 172. The van der Waals surface area contributed by atoms with Crippen LogP contribution in [0, 0.1) is 0 Å². The van der Waals surface area contributed by atoms with Crippen molar-refractivity contribution >= 4 is 0 Å². The van der Waals surface area contributed by atoms with E-state index >= 15 is 0 Å². The van der Waals surface area contributed by atoms with Crippen molar-refractivity contribution in [3.63, 3.8) is 0 Å². The molecule has 1 aliphatic carbocycles. The average Bonchev–Trinajstić information content (AvgIpc) is 1.99. The van der Waals surface area contributed by atoms with E-state index in [2.05, 4.69) is 18.7 Å². The third-order valence-corrected chi connectivity index (χ3v) is 2.45. The van der Waals surface area contributed by atoms with Crippen molar-refractivity contribution in [3.8, 4) is 0 Å². The largest absolute Gasteiger partial charge is 0.389 e. The van der Waals surface area contributed by atoms with Gasteiger partial charge in [-0.05, 0) is 32.1 Å². The molecule has 1 heteroatoms. The van der Waals surface area contributed by atoms with Gasteiger partial charge >= 0.3 is 0 Å². The number of hydrogen-bond acceptors (Lipinski definition) is 1. The van der Waals surface area contributed by atoms with Crippen molar-refractivity contribution in [2.24, 2.45) is 0 Å². The zero-order chi connectivity index (χ0) is 8.86. The molecule has 0 aliphatic heterocycles. The lowest BCUT2D eigenvalue weighted by Gasteiger charge is -2.26. The van der Waals surface area contributed by atoms with Gasteiger partial charge in [-0.15, -0.1) is 6.58 Å². The van der Waals surface area contributed by atoms with Gasteiger partial charge in [-0.3, -0.25) is 0 Å². The third kappa shape index (κ3) is 2.82. The van der Waals surface area contributed by atoms with E-state index in [1.807, 2.05) is 6.08 Å². The Morgan fingerprint density at radius 2 is 2.25 bits per heavy atom. The minimum atomic E-state index is -0.501. The molecule has 0 radical (unpaired) electrons. The fraction of sp³-hybridized carbons (Fsp3) is 0.636. The van der Waals surface area contributed by atoms with Crippen molar-refractivity contribution in [3.05, 3.63) is 24.8 Å². The van der Waals surface area contributed by atoms with Gasteiger partial charge in [0.05, 0.1) is 5.60 Å². The van der Waals surface area contributed by atoms with Gasteiger partial charge in [0.1, 0.15) is 0 Å². The highest BCUT2D eigenvalue weighted by Crippen LogP contribution is 2.26. The Hall–Kier alpha value is -0.560. The van der Waals surface area contributed by atoms with Crippen LogP contribution < -0.4 is 0 Å². The Morgan fingerprint density at radius 3 is 3.00 bits per heavy atom. The number of hydrogen-bond donors (Lipinski definition) is 1. The predicted molar refractivity (Wildman–Crippen MR) is 52.0 cm³/mol. The molecule has 1 aliphatic rings. The van der Waals surface area contributed by atoms with E-state index in [0.717, 1.165) is 25.7 Å². The van der Waals surface area contributed by atoms with Crippen molar-refractivity contribution in [1.29, 1.82) is 0 Å². The summed E-state index contributed by atoms with van der Waals surface area (Å²) in [5.74, 6) is 0. The molecule has 1 unspecified atom stereocenters. The standard InChI is InChI=1S/C11H18O/c1-2-8-11(12)9-6-4-3-5-7-10-11/h2,4,6,12H,1,3,5,7-10H2/b6-4-. The van der Waals surface area contributed by atoms with Crippen molar-refractivity contribution in [1.82, 2.24) is 0 Å². The van der Waals surface area contributed by atoms with Crippen LogP contribution >= 0.6 is 0 Å². The first-order valence-corrected chi connectivity index (χ1v) is 4.75. The highest BCUT2D eigenvalue weighted by molar-refractivity contribution is 4.96. The lowest BCUT2D eigenvalue weighted by atomic mass is 9.87. The molecule has 0 bridgehead atoms. The quantitative estimate of drug-likeness (QED) is 0.625. The molecule has 0 spiro atoms. The molecule has 1 rings (SSSR count). The van der Waals surface area contributed by atoms with Gasteiger partial charge in [0.25, 0.3) is 0 Å². The fourth-order valence-electron chi connectivity index (χ4n) is 1.69. The van der Waals surface area contributed by atoms with E-state index in [9.17, 15) is 5.11 Å². The zero-order valence-corrected chi connectivity index (χ0v) is 7.63. The summed E-state index contributed by atoms with van der Waals surface area (Å²) in [5, 5.41) is 10.1. The summed E-state index contributed by atoms with van der Waals surface area (Å²) in [6, 6.07) is 0. The van der Waals surface area contributed by atoms with Crippen LogP contribution in [0.4, 0.5) is 0 Å². The van der Waals surface area contributed by atoms with Gasteiger partial charge in [0.15, 0.2) is 0 Å². The van der Waals surface area contributed by atoms with Crippen LogP contribution in [-0.2, 0) is 0 Å². The summed E-state index contributed by atoms with van der Waals surface area (Å²) < 4.78 is 0. The Morgan fingerprint density at radius 1 is 1.42 bits per heavy atom. The first-order chi connectivity index (χ1) is 5.77. The van der Waals surface area contributed by atoms with E-state index in [1.54, 1.807) is 0 Å². The lowest BCUT2D eigenvalue weighted by molar-refractivity contribution is 0.0339. The van der Waals surface area contributed by atoms with Crippen LogP contribution in [0.1, 0.15) is 38.5 Å². The highest BCUT2D eigenvalue weighted by atomic mass is 16.3. The predicted octanol–water partition coefficient (Wildman–Crippen LogP) is 2.81. The monoisotopic (exact) mass is 166 g/mol. The maximum Gasteiger partial charge on any atom is 0.0716 e. The van der Waals surface area contributed by atoms with Gasteiger partial charge in [-0.2, -0.15) is 0 Å². The molecule has 0 aromatic rings. The van der Waals surface area contributed by atoms with Gasteiger partial charge in [-0.1, -0.05) is 24.6 Å². The molecule has 0 heterocycles. The maximum absolute atomic E-state index is 10.1. The molecule has 0 saturated carbocycles. The molecule has 0 aromatic heterocycles. The summed E-state index contributed by atoms with van der Waals surface area (Å²) >= 11 is 0. The van der Waals surface area contributed by atoms with E-state index in [4.69, 9.17) is 0 Å². The van der Waals surface area contributed by atoms with Crippen LogP contribution in [0.2, 0.25) is 0 Å². The number of allylic oxidation sites excluding steroid dienone is 1. The van der Waals surface area contributed by atoms with Crippen LogP contribution in [0.25, 0.3) is 0 Å². The molecular weight excluding hydrogens is 148 g/mol. The van der Waals surface area contributed by atoms with Gasteiger partial charge in [0, 0.05) is 0 Å². The first kappa shape index (κ1) is 9.53. The summed E-state index contributed by atoms with van der Waals surface area (Å²) in [6.07, 6.45) is 12.0. The van der Waals surface area contributed by atoms with Crippen molar-refractivity contribution in [2.75, 3.05) is 0 Å². The van der Waals surface area contributed by atoms with Crippen molar-refractivity contribution in [2.45, 2.75) is 44.1 Å². The number of aliphatic hydroxyl groups is 1. The van der Waals surface area contributed by atoms with Crippen LogP contribution in [0.15, 0.2) is 24.8 Å². The topological polar surface area (TPSA) is 20.2 Å². The van der Waals surface area contributed by atoms with E-state index in [0.29, 0.717) is 0 Å². The van der Waals surface area contributed by atoms with Crippen LogP contribution in [-0.4, -0.2) is 10.7 Å². The molecule has 1 nitrogen and oxygen atoms in total. The van der Waals surface area contributed by atoms with E-state index in [1.165, 1.54) is 12.8 Å². The van der Waals surface area contributed by atoms with Gasteiger partial charge < -0.3 is 5.11 Å². The fourth-order valence-corrected chi connectivity index (χ4v) is 1.69. The molecule has 0 aromatic carbocycles. The van der Waals surface area contributed by atoms with Gasteiger partial charge in [-0.25, -0.2) is 0 Å². The Balaban J connectivity index is 2.53. The summed E-state index contributed by atoms with van der Waals surface area (Å²) in [7, 11) is 0. The molecule has 12 heavy (non-hydrogen) atoms. The minimum Gasteiger partial charge on any atom is -0.389 e. The van der Waals surface area contributed by atoms with Gasteiger partial charge in [0.2, 0.25) is 0 Å². The molecule has 1 atom stereocenters. The maximum atomic E-state index is 10.1. The second-order valence-electron chi connectivity index (χ2n) is 3.64. The minimum absolute atomic E-state index is 0.501. The molecule has 0 saturated heterocycles. The summed E-state index contributed by atoms with van der Waals surface area (Å²) in [6.45, 7) is 3.67. The molecular formula is C11H18O. The lowest BCUT2D eigenvalue weighted by Crippen LogP contribution is -2.27. The number of rotatable bonds is 2. The smallest absolute Gasteiger partial charge is 0.0716 e. The SMILES string of the molecule is C=CCC1(O)C/C=C\CCCC1. The second-order valence-corrected chi connectivity index (χ2v) is 3.64. The van der Waals surface area contributed by atoms with Crippen LogP contribution in [0.3, 0.4) is 0 Å². The highest BCUT2D eigenvalue weighted by Gasteiger charge is 2.23. The summed E-state index contributed by atoms with van der Waals surface area (Å²) in [4.78, 5) is 0. The van der Waals surface area contributed by atoms with E-state index in [-0.39, 0.29) is 0 Å². The average molecular weight is 166 g/mol. The third-order valence-electron chi connectivity index (χ3n) is 2.45. The normalized spacial score (nSPS) is 33.4. The molecule has 68 valence electrons. The molecule has 0 amide bonds. The van der Waals surface area contributed by atoms with E-state index < -0.39 is 5.60 Å². The van der Waals surface area contributed by atoms with Crippen LogP contribution in [0.5, 0.6) is 0 Å². The summed E-state index contributed by atoms with van der Waals surface area (Å²) in [5.41, 5.74) is -0.501. The zero-order valence-electron chi connectivity index (χ0n) is 7.63. The Labute approximate surface area is 74.8 Å². The molecule has 0 fully saturated rings. The van der Waals surface area contributed by atoms with Crippen molar-refractivity contribution < 1.29 is 5.11 Å². The Kier molecular flexibility index (Phi) is 3.54. The second kappa shape index (κ2) is 4.46. The first-order valence-electron chi connectivity index (χ1n) is 4.75.